The quantitative estimate of drug-likeness (QED) is 0.628. The highest BCUT2D eigenvalue weighted by atomic mass is 15.3. The maximum Gasteiger partial charge on any atom is 0.0730 e. The lowest BCUT2D eigenvalue weighted by Crippen LogP contribution is -2.14. The first-order valence-electron chi connectivity index (χ1n) is 4.71. The molecule has 0 radical (unpaired) electrons. The summed E-state index contributed by atoms with van der Waals surface area (Å²) < 4.78 is 2.03. The average molecular weight is 174 g/mol. The summed E-state index contributed by atoms with van der Waals surface area (Å²) in [4.78, 5) is 0. The highest BCUT2D eigenvalue weighted by Gasteiger charge is 2.45. The summed E-state index contributed by atoms with van der Waals surface area (Å²) in [5, 5.41) is 4.29. The van der Waals surface area contributed by atoms with E-state index in [0.717, 1.165) is 12.8 Å². The molecule has 1 aliphatic carbocycles. The van der Waals surface area contributed by atoms with Gasteiger partial charge in [-0.3, -0.25) is 4.68 Å². The lowest BCUT2D eigenvalue weighted by molar-refractivity contribution is 0.499. The van der Waals surface area contributed by atoms with E-state index in [-0.39, 0.29) is 5.41 Å². The van der Waals surface area contributed by atoms with Crippen LogP contribution in [0.1, 0.15) is 38.4 Å². The Labute approximate surface area is 79.0 Å². The van der Waals surface area contributed by atoms with E-state index >= 15 is 0 Å². The van der Waals surface area contributed by atoms with Crippen LogP contribution in [0.25, 0.3) is 0 Å². The van der Waals surface area contributed by atoms with Crippen LogP contribution in [0.3, 0.4) is 0 Å². The number of hydrogen-bond donors (Lipinski definition) is 0. The van der Waals surface area contributed by atoms with E-state index in [9.17, 15) is 0 Å². The van der Waals surface area contributed by atoms with Crippen molar-refractivity contribution in [3.8, 4) is 12.3 Å². The van der Waals surface area contributed by atoms with Crippen LogP contribution in [0, 0.1) is 12.3 Å². The van der Waals surface area contributed by atoms with Gasteiger partial charge in [-0.2, -0.15) is 5.10 Å². The van der Waals surface area contributed by atoms with Gasteiger partial charge in [0, 0.05) is 12.2 Å². The van der Waals surface area contributed by atoms with E-state index in [1.165, 1.54) is 5.69 Å². The molecule has 13 heavy (non-hydrogen) atoms. The van der Waals surface area contributed by atoms with E-state index in [0.29, 0.717) is 6.04 Å². The van der Waals surface area contributed by atoms with Crippen molar-refractivity contribution in [2.45, 2.75) is 38.1 Å². The number of aromatic nitrogens is 2. The third-order valence-electron chi connectivity index (χ3n) is 2.68. The Balaban J connectivity index is 2.42. The second-order valence-electron chi connectivity index (χ2n) is 3.98. The van der Waals surface area contributed by atoms with Gasteiger partial charge in [-0.15, -0.1) is 6.42 Å². The van der Waals surface area contributed by atoms with Crippen molar-refractivity contribution in [1.29, 1.82) is 0 Å². The van der Waals surface area contributed by atoms with Crippen molar-refractivity contribution in [3.63, 3.8) is 0 Å². The average Bonchev–Trinajstić information content (AvgIpc) is 2.74. The third-order valence-corrected chi connectivity index (χ3v) is 2.68. The van der Waals surface area contributed by atoms with Crippen LogP contribution < -0.4 is 0 Å². The molecule has 1 aromatic heterocycles. The molecule has 2 rings (SSSR count). The summed E-state index contributed by atoms with van der Waals surface area (Å²) in [6.07, 6.45) is 9.60. The van der Waals surface area contributed by atoms with Crippen LogP contribution in [0.2, 0.25) is 0 Å². The molecule has 1 aromatic rings. The fourth-order valence-electron chi connectivity index (χ4n) is 1.70. The molecule has 1 aliphatic rings. The van der Waals surface area contributed by atoms with Gasteiger partial charge in [0.05, 0.1) is 11.1 Å². The molecule has 2 nitrogen and oxygen atoms in total. The number of terminal acetylenes is 1. The maximum absolute atomic E-state index is 5.54. The lowest BCUT2D eigenvalue weighted by Gasteiger charge is -2.14. The minimum absolute atomic E-state index is 0.0147. The minimum Gasteiger partial charge on any atom is -0.266 e. The SMILES string of the molecule is C#CC1(c2ccnn2C(C)C)CC1. The van der Waals surface area contributed by atoms with Crippen molar-refractivity contribution >= 4 is 0 Å². The molecule has 0 unspecified atom stereocenters. The molecule has 0 N–H and O–H groups in total. The van der Waals surface area contributed by atoms with Crippen LogP contribution in [-0.2, 0) is 5.41 Å². The number of hydrogen-bond acceptors (Lipinski definition) is 1. The molecular weight excluding hydrogens is 160 g/mol. The summed E-state index contributed by atoms with van der Waals surface area (Å²) >= 11 is 0. The Bertz CT molecular complexity index is 350. The standard InChI is InChI=1S/C11H14N2/c1-4-11(6-7-11)10-5-8-12-13(10)9(2)3/h1,5,8-9H,6-7H2,2-3H3. The first-order chi connectivity index (χ1) is 6.19. The van der Waals surface area contributed by atoms with Gasteiger partial charge in [-0.1, -0.05) is 5.92 Å². The molecule has 1 heterocycles. The predicted molar refractivity (Wildman–Crippen MR) is 52.4 cm³/mol. The molecule has 0 aromatic carbocycles. The maximum atomic E-state index is 5.54. The molecule has 0 atom stereocenters. The van der Waals surface area contributed by atoms with Crippen molar-refractivity contribution in [2.24, 2.45) is 0 Å². The van der Waals surface area contributed by atoms with Crippen LogP contribution in [-0.4, -0.2) is 9.78 Å². The molecule has 1 fully saturated rings. The van der Waals surface area contributed by atoms with Gasteiger partial charge in [0.2, 0.25) is 0 Å². The predicted octanol–water partition coefficient (Wildman–Crippen LogP) is 2.13. The fourth-order valence-corrected chi connectivity index (χ4v) is 1.70. The monoisotopic (exact) mass is 174 g/mol. The van der Waals surface area contributed by atoms with Gasteiger partial charge in [0.25, 0.3) is 0 Å². The summed E-state index contributed by atoms with van der Waals surface area (Å²) in [6.45, 7) is 4.26. The Kier molecular flexibility index (Phi) is 1.69. The molecule has 1 saturated carbocycles. The van der Waals surface area contributed by atoms with Crippen molar-refractivity contribution in [1.82, 2.24) is 9.78 Å². The highest BCUT2D eigenvalue weighted by Crippen LogP contribution is 2.47. The topological polar surface area (TPSA) is 17.8 Å². The first-order valence-corrected chi connectivity index (χ1v) is 4.71. The Morgan fingerprint density at radius 2 is 2.31 bits per heavy atom. The van der Waals surface area contributed by atoms with E-state index < -0.39 is 0 Å². The van der Waals surface area contributed by atoms with E-state index in [1.807, 2.05) is 16.9 Å². The van der Waals surface area contributed by atoms with Gasteiger partial charge in [0.15, 0.2) is 0 Å². The van der Waals surface area contributed by atoms with Crippen molar-refractivity contribution in [3.05, 3.63) is 18.0 Å². The largest absolute Gasteiger partial charge is 0.266 e. The number of rotatable bonds is 2. The van der Waals surface area contributed by atoms with Crippen LogP contribution in [0.4, 0.5) is 0 Å². The van der Waals surface area contributed by atoms with Crippen LogP contribution in [0.15, 0.2) is 12.3 Å². The summed E-state index contributed by atoms with van der Waals surface area (Å²) in [7, 11) is 0. The lowest BCUT2D eigenvalue weighted by atomic mass is 10.0. The van der Waals surface area contributed by atoms with Gasteiger partial charge in [0.1, 0.15) is 0 Å². The Hall–Kier alpha value is -1.23. The highest BCUT2D eigenvalue weighted by molar-refractivity contribution is 5.36. The fraction of sp³-hybridized carbons (Fsp3) is 0.545. The van der Waals surface area contributed by atoms with Gasteiger partial charge < -0.3 is 0 Å². The van der Waals surface area contributed by atoms with Crippen LogP contribution >= 0.6 is 0 Å². The van der Waals surface area contributed by atoms with Crippen LogP contribution in [0.5, 0.6) is 0 Å². The summed E-state index contributed by atoms with van der Waals surface area (Å²) in [5.74, 6) is 2.89. The van der Waals surface area contributed by atoms with Gasteiger partial charge in [-0.25, -0.2) is 0 Å². The van der Waals surface area contributed by atoms with E-state index in [1.54, 1.807) is 0 Å². The molecule has 68 valence electrons. The molecule has 0 amide bonds. The first kappa shape index (κ1) is 8.37. The van der Waals surface area contributed by atoms with Gasteiger partial charge in [-0.05, 0) is 32.8 Å². The zero-order valence-corrected chi connectivity index (χ0v) is 8.12. The molecule has 0 saturated heterocycles. The normalized spacial score (nSPS) is 18.6. The molecule has 0 spiro atoms. The second kappa shape index (κ2) is 2.63. The molecule has 2 heteroatoms. The van der Waals surface area contributed by atoms with Crippen molar-refractivity contribution < 1.29 is 0 Å². The second-order valence-corrected chi connectivity index (χ2v) is 3.98. The third kappa shape index (κ3) is 1.16. The smallest absolute Gasteiger partial charge is 0.0730 e. The Morgan fingerprint density at radius 3 is 2.77 bits per heavy atom. The minimum atomic E-state index is 0.0147. The summed E-state index contributed by atoms with van der Waals surface area (Å²) in [5.41, 5.74) is 1.23. The van der Waals surface area contributed by atoms with E-state index in [2.05, 4.69) is 24.9 Å². The van der Waals surface area contributed by atoms with Gasteiger partial charge >= 0.3 is 0 Å². The zero-order valence-electron chi connectivity index (χ0n) is 8.12. The molecule has 0 bridgehead atoms. The molecule has 0 aliphatic heterocycles. The van der Waals surface area contributed by atoms with Crippen molar-refractivity contribution in [2.75, 3.05) is 0 Å². The number of nitrogens with zero attached hydrogens (tertiary/aromatic N) is 2. The Morgan fingerprint density at radius 1 is 1.62 bits per heavy atom. The summed E-state index contributed by atoms with van der Waals surface area (Å²) in [6, 6.07) is 2.45. The van der Waals surface area contributed by atoms with E-state index in [4.69, 9.17) is 6.42 Å². The molecular formula is C11H14N2. The zero-order chi connectivity index (χ0) is 9.47.